The Balaban J connectivity index is 1.85. The first-order valence-electron chi connectivity index (χ1n) is 8.35. The van der Waals surface area contributed by atoms with Crippen LogP contribution in [0.1, 0.15) is 28.3 Å². The number of nitrogens with one attached hydrogen (secondary N) is 1. The summed E-state index contributed by atoms with van der Waals surface area (Å²) in [6.45, 7) is 1.82. The minimum Gasteiger partial charge on any atom is -0.324 e. The van der Waals surface area contributed by atoms with Gasteiger partial charge in [0.05, 0.1) is 10.6 Å². The molecule has 7 heteroatoms. The van der Waals surface area contributed by atoms with E-state index in [1.165, 1.54) is 23.5 Å². The van der Waals surface area contributed by atoms with Crippen LogP contribution in [0.25, 0.3) is 0 Å². The van der Waals surface area contributed by atoms with Gasteiger partial charge in [-0.1, -0.05) is 24.3 Å². The van der Waals surface area contributed by atoms with Crippen LogP contribution in [0.2, 0.25) is 0 Å². The number of sulfone groups is 1. The summed E-state index contributed by atoms with van der Waals surface area (Å²) < 4.78 is 39.9. The van der Waals surface area contributed by atoms with Gasteiger partial charge in [0.15, 0.2) is 0 Å². The molecule has 1 aromatic heterocycles. The van der Waals surface area contributed by atoms with Crippen LogP contribution >= 0.6 is 11.3 Å². The third-order valence-electron chi connectivity index (χ3n) is 4.60. The first kappa shape index (κ1) is 17.9. The zero-order chi connectivity index (χ0) is 19.2. The van der Waals surface area contributed by atoms with Gasteiger partial charge in [0.1, 0.15) is 10.7 Å². The Morgan fingerprint density at radius 3 is 2.67 bits per heavy atom. The van der Waals surface area contributed by atoms with E-state index in [4.69, 9.17) is 0 Å². The molecule has 27 heavy (non-hydrogen) atoms. The lowest BCUT2D eigenvalue weighted by Crippen LogP contribution is -2.23. The predicted octanol–water partition coefficient (Wildman–Crippen LogP) is 4.50. The maximum atomic E-state index is 13.7. The highest BCUT2D eigenvalue weighted by atomic mass is 32.2. The molecule has 2 aromatic carbocycles. The van der Waals surface area contributed by atoms with Crippen molar-refractivity contribution >= 4 is 32.8 Å². The summed E-state index contributed by atoms with van der Waals surface area (Å²) in [5, 5.41) is 4.27. The Morgan fingerprint density at radius 2 is 1.93 bits per heavy atom. The second-order valence-electron chi connectivity index (χ2n) is 6.52. The number of rotatable bonds is 3. The number of aryl methyl sites for hydroxylation is 1. The van der Waals surface area contributed by atoms with Gasteiger partial charge in [0.25, 0.3) is 0 Å². The van der Waals surface area contributed by atoms with E-state index in [1.54, 1.807) is 35.7 Å². The average molecular weight is 401 g/mol. The molecule has 1 aliphatic heterocycles. The van der Waals surface area contributed by atoms with Crippen molar-refractivity contribution in [3.8, 4) is 0 Å². The van der Waals surface area contributed by atoms with Crippen LogP contribution in [0, 0.1) is 12.7 Å². The van der Waals surface area contributed by atoms with Crippen molar-refractivity contribution in [3.63, 3.8) is 0 Å². The monoisotopic (exact) mass is 401 g/mol. The van der Waals surface area contributed by atoms with Crippen LogP contribution in [0.15, 0.2) is 63.7 Å². The fourth-order valence-corrected chi connectivity index (χ4v) is 6.32. The second kappa shape index (κ2) is 6.58. The molecule has 0 spiro atoms. The van der Waals surface area contributed by atoms with Gasteiger partial charge in [-0.05, 0) is 42.3 Å². The Kier molecular flexibility index (Phi) is 4.36. The van der Waals surface area contributed by atoms with Gasteiger partial charge in [-0.15, -0.1) is 11.3 Å². The Hall–Kier alpha value is -2.51. The second-order valence-corrected chi connectivity index (χ2v) is 9.35. The summed E-state index contributed by atoms with van der Waals surface area (Å²) in [7, 11) is -3.78. The average Bonchev–Trinajstić information content (AvgIpc) is 3.05. The van der Waals surface area contributed by atoms with Crippen LogP contribution in [0.4, 0.5) is 10.1 Å². The van der Waals surface area contributed by atoms with Crippen molar-refractivity contribution in [2.24, 2.45) is 0 Å². The van der Waals surface area contributed by atoms with Crippen molar-refractivity contribution in [2.45, 2.75) is 29.1 Å². The molecule has 3 aromatic rings. The van der Waals surface area contributed by atoms with Gasteiger partial charge in [-0.2, -0.15) is 0 Å². The molecule has 0 fully saturated rings. The fourth-order valence-electron chi connectivity index (χ4n) is 3.30. The van der Waals surface area contributed by atoms with Crippen LogP contribution in [0.5, 0.6) is 0 Å². The first-order chi connectivity index (χ1) is 12.9. The van der Waals surface area contributed by atoms with E-state index in [1.807, 2.05) is 13.0 Å². The molecule has 1 N–H and O–H groups in total. The predicted molar refractivity (Wildman–Crippen MR) is 102 cm³/mol. The summed E-state index contributed by atoms with van der Waals surface area (Å²) >= 11 is 1.27. The van der Waals surface area contributed by atoms with Crippen LogP contribution in [-0.2, 0) is 14.6 Å². The smallest absolute Gasteiger partial charge is 0.225 e. The minimum atomic E-state index is -3.78. The molecule has 0 bridgehead atoms. The number of fused-ring (bicyclic) bond motifs is 1. The van der Waals surface area contributed by atoms with Gasteiger partial charge in [0, 0.05) is 22.6 Å². The van der Waals surface area contributed by atoms with Crippen molar-refractivity contribution in [1.82, 2.24) is 0 Å². The molecule has 4 nitrogen and oxygen atoms in total. The Labute approximate surface area is 160 Å². The van der Waals surface area contributed by atoms with E-state index in [0.29, 0.717) is 11.3 Å². The lowest BCUT2D eigenvalue weighted by molar-refractivity contribution is -0.116. The number of carbonyl (C=O) groups is 1. The molecule has 1 atom stereocenters. The molecule has 1 unspecified atom stereocenters. The van der Waals surface area contributed by atoms with E-state index < -0.39 is 9.84 Å². The van der Waals surface area contributed by atoms with Crippen LogP contribution in [0.3, 0.4) is 0 Å². The van der Waals surface area contributed by atoms with E-state index in [-0.39, 0.29) is 33.9 Å². The van der Waals surface area contributed by atoms with Gasteiger partial charge in [-0.25, -0.2) is 12.8 Å². The van der Waals surface area contributed by atoms with Crippen molar-refractivity contribution < 1.29 is 17.6 Å². The van der Waals surface area contributed by atoms with E-state index in [9.17, 15) is 17.6 Å². The number of hydrogen-bond acceptors (Lipinski definition) is 4. The number of anilines is 1. The van der Waals surface area contributed by atoms with Crippen LogP contribution in [-0.4, -0.2) is 14.3 Å². The van der Waals surface area contributed by atoms with Crippen LogP contribution < -0.4 is 5.32 Å². The highest BCUT2D eigenvalue weighted by Gasteiger charge is 2.34. The molecule has 138 valence electrons. The van der Waals surface area contributed by atoms with Crippen molar-refractivity contribution in [1.29, 1.82) is 0 Å². The van der Waals surface area contributed by atoms with E-state index in [0.717, 1.165) is 10.4 Å². The molecular formula is C20H16FNO3S2. The maximum absolute atomic E-state index is 13.7. The molecule has 1 aliphatic rings. The standard InChI is InChI=1S/C20H16FNO3S2/c1-12-4-2-7-15(8-12)27(24,25)17-11-26-20-16(10-18(23)22-19(17)20)13-5-3-6-14(21)9-13/h2-9,11,16H,10H2,1H3,(H,22,23). The number of benzene rings is 2. The molecule has 0 radical (unpaired) electrons. The zero-order valence-corrected chi connectivity index (χ0v) is 16.0. The quantitative estimate of drug-likeness (QED) is 0.703. The van der Waals surface area contributed by atoms with Gasteiger partial charge in [-0.3, -0.25) is 4.79 Å². The molecule has 0 saturated heterocycles. The van der Waals surface area contributed by atoms with Crippen molar-refractivity contribution in [2.75, 3.05) is 5.32 Å². The third-order valence-corrected chi connectivity index (χ3v) is 7.62. The zero-order valence-electron chi connectivity index (χ0n) is 14.4. The maximum Gasteiger partial charge on any atom is 0.225 e. The van der Waals surface area contributed by atoms with Gasteiger partial charge in [0.2, 0.25) is 15.7 Å². The molecule has 1 amide bonds. The number of halogens is 1. The molecule has 4 rings (SSSR count). The highest BCUT2D eigenvalue weighted by Crippen LogP contribution is 2.45. The summed E-state index contributed by atoms with van der Waals surface area (Å²) in [5.41, 5.74) is 1.81. The molecular weight excluding hydrogens is 385 g/mol. The molecule has 0 aliphatic carbocycles. The fraction of sp³-hybridized carbons (Fsp3) is 0.150. The lowest BCUT2D eigenvalue weighted by Gasteiger charge is -2.23. The van der Waals surface area contributed by atoms with Gasteiger partial charge < -0.3 is 5.32 Å². The van der Waals surface area contributed by atoms with E-state index in [2.05, 4.69) is 5.32 Å². The normalized spacial score (nSPS) is 16.7. The third kappa shape index (κ3) is 3.17. The van der Waals surface area contributed by atoms with Crippen molar-refractivity contribution in [3.05, 3.63) is 75.7 Å². The number of carbonyl (C=O) groups excluding carboxylic acids is 1. The number of hydrogen-bond donors (Lipinski definition) is 1. The summed E-state index contributed by atoms with van der Waals surface area (Å²) in [6.07, 6.45) is 0.154. The van der Waals surface area contributed by atoms with E-state index >= 15 is 0 Å². The summed E-state index contributed by atoms with van der Waals surface area (Å²) in [6, 6.07) is 12.7. The highest BCUT2D eigenvalue weighted by molar-refractivity contribution is 7.91. The topological polar surface area (TPSA) is 63.2 Å². The first-order valence-corrected chi connectivity index (χ1v) is 10.7. The lowest BCUT2D eigenvalue weighted by atomic mass is 9.91. The number of thiophene rings is 1. The molecule has 0 saturated carbocycles. The number of amides is 1. The van der Waals surface area contributed by atoms with Gasteiger partial charge >= 0.3 is 0 Å². The molecule has 2 heterocycles. The Bertz CT molecular complexity index is 1150. The SMILES string of the molecule is Cc1cccc(S(=O)(=O)c2csc3c2NC(=O)CC3c2cccc(F)c2)c1. The summed E-state index contributed by atoms with van der Waals surface area (Å²) in [5.74, 6) is -1.03. The largest absolute Gasteiger partial charge is 0.324 e. The Morgan fingerprint density at radius 1 is 1.15 bits per heavy atom. The summed E-state index contributed by atoms with van der Waals surface area (Å²) in [4.78, 5) is 13.3. The minimum absolute atomic E-state index is 0.0857.